The van der Waals surface area contributed by atoms with Gasteiger partial charge in [0.05, 0.1) is 0 Å². The molecule has 2 fully saturated rings. The fourth-order valence-electron chi connectivity index (χ4n) is 4.95. The lowest BCUT2D eigenvalue weighted by Gasteiger charge is -2.47. The first-order chi connectivity index (χ1) is 14.5. The Kier molecular flexibility index (Phi) is 5.89. The molecule has 4 nitrogen and oxygen atoms in total. The Bertz CT molecular complexity index is 899. The highest BCUT2D eigenvalue weighted by molar-refractivity contribution is 5.95. The maximum atomic E-state index is 13.7. The Morgan fingerprint density at radius 3 is 2.37 bits per heavy atom. The van der Waals surface area contributed by atoms with Gasteiger partial charge < -0.3 is 9.80 Å². The molecule has 0 aromatic heterocycles. The minimum atomic E-state index is -0.725. The van der Waals surface area contributed by atoms with E-state index >= 15 is 0 Å². The van der Waals surface area contributed by atoms with Crippen molar-refractivity contribution in [3.05, 3.63) is 71.5 Å². The molecule has 4 rings (SSSR count). The summed E-state index contributed by atoms with van der Waals surface area (Å²) in [5, 5.41) is 0. The fraction of sp³-hybridized carbons (Fsp3) is 0.440. The van der Waals surface area contributed by atoms with Crippen LogP contribution in [0, 0.1) is 17.7 Å². The number of amides is 2. The van der Waals surface area contributed by atoms with Gasteiger partial charge in [-0.1, -0.05) is 69.2 Å². The third-order valence-electron chi connectivity index (χ3n) is 6.90. The van der Waals surface area contributed by atoms with E-state index in [1.54, 1.807) is 21.9 Å². The van der Waals surface area contributed by atoms with E-state index in [9.17, 15) is 14.0 Å². The molecular weight excluding hydrogens is 379 g/mol. The van der Waals surface area contributed by atoms with Gasteiger partial charge in [-0.2, -0.15) is 0 Å². The fourth-order valence-corrected chi connectivity index (χ4v) is 4.95. The van der Waals surface area contributed by atoms with E-state index in [-0.39, 0.29) is 30.2 Å². The number of rotatable bonds is 4. The van der Waals surface area contributed by atoms with Crippen LogP contribution in [0.1, 0.15) is 50.3 Å². The molecule has 2 aromatic rings. The van der Waals surface area contributed by atoms with Gasteiger partial charge in [-0.15, -0.1) is 0 Å². The van der Waals surface area contributed by atoms with Crippen molar-refractivity contribution in [1.82, 2.24) is 9.80 Å². The number of benzene rings is 2. The summed E-state index contributed by atoms with van der Waals surface area (Å²) in [6.45, 7) is 4.89. The largest absolute Gasteiger partial charge is 0.328 e. The van der Waals surface area contributed by atoms with E-state index in [1.165, 1.54) is 12.1 Å². The Labute approximate surface area is 177 Å². The zero-order valence-corrected chi connectivity index (χ0v) is 17.6. The molecule has 1 saturated carbocycles. The number of carbonyl (C=O) groups is 2. The quantitative estimate of drug-likeness (QED) is 0.744. The van der Waals surface area contributed by atoms with Crippen LogP contribution < -0.4 is 0 Å². The van der Waals surface area contributed by atoms with Crippen molar-refractivity contribution < 1.29 is 14.0 Å². The highest BCUT2D eigenvalue weighted by Crippen LogP contribution is 2.37. The molecule has 0 unspecified atom stereocenters. The molecule has 0 bridgehead atoms. The Morgan fingerprint density at radius 1 is 0.967 bits per heavy atom. The predicted octanol–water partition coefficient (Wildman–Crippen LogP) is 4.56. The number of halogens is 1. The third kappa shape index (κ3) is 3.98. The van der Waals surface area contributed by atoms with Crippen molar-refractivity contribution in [2.75, 3.05) is 6.54 Å². The topological polar surface area (TPSA) is 40.6 Å². The first-order valence-corrected chi connectivity index (χ1v) is 10.8. The second-order valence-corrected chi connectivity index (χ2v) is 8.76. The van der Waals surface area contributed by atoms with Gasteiger partial charge in [-0.3, -0.25) is 9.59 Å². The zero-order chi connectivity index (χ0) is 21.3. The van der Waals surface area contributed by atoms with E-state index < -0.39 is 6.04 Å². The summed E-state index contributed by atoms with van der Waals surface area (Å²) >= 11 is 0. The third-order valence-corrected chi connectivity index (χ3v) is 6.90. The van der Waals surface area contributed by atoms with E-state index in [0.29, 0.717) is 23.9 Å². The van der Waals surface area contributed by atoms with Gasteiger partial charge in [0.1, 0.15) is 18.4 Å². The van der Waals surface area contributed by atoms with Crippen LogP contribution in [0.5, 0.6) is 0 Å². The van der Waals surface area contributed by atoms with Gasteiger partial charge in [0.15, 0.2) is 0 Å². The van der Waals surface area contributed by atoms with Crippen LogP contribution in [0.2, 0.25) is 0 Å². The van der Waals surface area contributed by atoms with E-state index in [0.717, 1.165) is 24.8 Å². The summed E-state index contributed by atoms with van der Waals surface area (Å²) in [5.41, 5.74) is 1.63. The summed E-state index contributed by atoms with van der Waals surface area (Å²) in [5.74, 6) is 0.416. The van der Waals surface area contributed by atoms with E-state index in [4.69, 9.17) is 0 Å². The van der Waals surface area contributed by atoms with Crippen LogP contribution in [0.15, 0.2) is 54.6 Å². The van der Waals surface area contributed by atoms with Crippen LogP contribution in [-0.4, -0.2) is 34.2 Å². The summed E-state index contributed by atoms with van der Waals surface area (Å²) < 4.78 is 13.6. The molecule has 1 aliphatic carbocycles. The minimum absolute atomic E-state index is 0.0527. The number of carbonyl (C=O) groups excluding carboxylic acids is 2. The molecule has 5 heteroatoms. The molecule has 1 aliphatic heterocycles. The molecule has 0 radical (unpaired) electrons. The molecule has 1 saturated heterocycles. The summed E-state index contributed by atoms with van der Waals surface area (Å²) in [6.07, 6.45) is 3.16. The van der Waals surface area contributed by atoms with Gasteiger partial charge in [-0.25, -0.2) is 4.39 Å². The van der Waals surface area contributed by atoms with Gasteiger partial charge in [0.2, 0.25) is 5.91 Å². The van der Waals surface area contributed by atoms with Crippen molar-refractivity contribution in [3.63, 3.8) is 0 Å². The van der Waals surface area contributed by atoms with Crippen LogP contribution in [0.25, 0.3) is 0 Å². The summed E-state index contributed by atoms with van der Waals surface area (Å²) in [7, 11) is 0. The van der Waals surface area contributed by atoms with Gasteiger partial charge >= 0.3 is 0 Å². The first-order valence-electron chi connectivity index (χ1n) is 10.8. The number of hydrogen-bond acceptors (Lipinski definition) is 2. The molecule has 158 valence electrons. The van der Waals surface area contributed by atoms with Crippen LogP contribution >= 0.6 is 0 Å². The zero-order valence-electron chi connectivity index (χ0n) is 17.6. The summed E-state index contributed by atoms with van der Waals surface area (Å²) in [4.78, 5) is 30.5. The Balaban J connectivity index is 1.69. The van der Waals surface area contributed by atoms with E-state index in [2.05, 4.69) is 13.8 Å². The number of piperazine rings is 1. The molecule has 0 spiro atoms. The van der Waals surface area contributed by atoms with E-state index in [1.807, 2.05) is 30.3 Å². The molecule has 2 amide bonds. The Morgan fingerprint density at radius 2 is 1.67 bits per heavy atom. The van der Waals surface area contributed by atoms with Crippen LogP contribution in [0.4, 0.5) is 4.39 Å². The lowest BCUT2D eigenvalue weighted by atomic mass is 9.76. The monoisotopic (exact) mass is 408 g/mol. The SMILES string of the molecule is C[C@H]1[C@H](C)CCC[C@@H]1N1CC(=O)N(Cc2ccccc2)[C@H](c2ccc(F)cc2)C1=O. The molecule has 2 aromatic carbocycles. The smallest absolute Gasteiger partial charge is 0.250 e. The maximum absolute atomic E-state index is 13.7. The summed E-state index contributed by atoms with van der Waals surface area (Å²) in [6, 6.07) is 15.0. The standard InChI is InChI=1S/C25H29FN2O2/c1-17-7-6-10-22(18(17)2)27-16-23(29)28(15-19-8-4-3-5-9-19)24(25(27)30)20-11-13-21(26)14-12-20/h3-5,8-9,11-14,17-18,22,24H,6-7,10,15-16H2,1-2H3/t17-,18+,22+,24-/m1/s1. The molecule has 30 heavy (non-hydrogen) atoms. The van der Waals surface area contributed by atoms with Crippen molar-refractivity contribution in [2.24, 2.45) is 11.8 Å². The van der Waals surface area contributed by atoms with Crippen molar-refractivity contribution in [1.29, 1.82) is 0 Å². The van der Waals surface area contributed by atoms with Crippen LogP contribution in [0.3, 0.4) is 0 Å². The minimum Gasteiger partial charge on any atom is -0.328 e. The molecule has 4 atom stereocenters. The molecule has 2 aliphatic rings. The Hall–Kier alpha value is -2.69. The van der Waals surface area contributed by atoms with Crippen LogP contribution in [-0.2, 0) is 16.1 Å². The average molecular weight is 409 g/mol. The second kappa shape index (κ2) is 8.58. The number of hydrogen-bond donors (Lipinski definition) is 0. The van der Waals surface area contributed by atoms with Crippen molar-refractivity contribution >= 4 is 11.8 Å². The highest BCUT2D eigenvalue weighted by Gasteiger charge is 2.45. The van der Waals surface area contributed by atoms with Gasteiger partial charge in [0.25, 0.3) is 5.91 Å². The molecule has 0 N–H and O–H groups in total. The molecular formula is C25H29FN2O2. The van der Waals surface area contributed by atoms with Gasteiger partial charge in [-0.05, 0) is 41.5 Å². The lowest BCUT2D eigenvalue weighted by Crippen LogP contribution is -2.60. The first kappa shape index (κ1) is 20.6. The second-order valence-electron chi connectivity index (χ2n) is 8.76. The average Bonchev–Trinajstić information content (AvgIpc) is 2.75. The van der Waals surface area contributed by atoms with Crippen molar-refractivity contribution in [2.45, 2.75) is 51.7 Å². The molecule has 1 heterocycles. The lowest BCUT2D eigenvalue weighted by molar-refractivity contribution is -0.161. The number of nitrogens with zero attached hydrogens (tertiary/aromatic N) is 2. The normalized spacial score (nSPS) is 27.4. The van der Waals surface area contributed by atoms with Crippen molar-refractivity contribution in [3.8, 4) is 0 Å². The predicted molar refractivity (Wildman–Crippen MR) is 114 cm³/mol. The maximum Gasteiger partial charge on any atom is 0.250 e. The van der Waals surface area contributed by atoms with Gasteiger partial charge in [0, 0.05) is 12.6 Å². The highest BCUT2D eigenvalue weighted by atomic mass is 19.1.